The molecule has 0 amide bonds. The highest BCUT2D eigenvalue weighted by Crippen LogP contribution is 2.31. The Morgan fingerprint density at radius 1 is 1.26 bits per heavy atom. The molecule has 9 nitrogen and oxygen atoms in total. The van der Waals surface area contributed by atoms with Crippen LogP contribution in [0.15, 0.2) is 42.0 Å². The highest BCUT2D eigenvalue weighted by molar-refractivity contribution is 5.88. The molecule has 2 unspecified atom stereocenters. The molecule has 0 spiro atoms. The van der Waals surface area contributed by atoms with Crippen molar-refractivity contribution in [1.82, 2.24) is 24.5 Å². The van der Waals surface area contributed by atoms with Gasteiger partial charge in [-0.2, -0.15) is 4.98 Å². The normalized spacial score (nSPS) is 21.6. The smallest absolute Gasteiger partial charge is 0.243 e. The number of ether oxygens (including phenoxy) is 1. The van der Waals surface area contributed by atoms with Crippen molar-refractivity contribution in [1.29, 1.82) is 0 Å². The van der Waals surface area contributed by atoms with Gasteiger partial charge in [0, 0.05) is 38.1 Å². The summed E-state index contributed by atoms with van der Waals surface area (Å²) in [6.45, 7) is 8.26. The van der Waals surface area contributed by atoms with Crippen LogP contribution in [0.4, 0.5) is 22.0 Å². The van der Waals surface area contributed by atoms with Gasteiger partial charge in [-0.25, -0.2) is 18.9 Å². The predicted octanol–water partition coefficient (Wildman–Crippen LogP) is 3.25. The van der Waals surface area contributed by atoms with E-state index in [0.717, 1.165) is 28.9 Å². The Balaban J connectivity index is 1.41. The van der Waals surface area contributed by atoms with Gasteiger partial charge in [0.15, 0.2) is 11.6 Å². The van der Waals surface area contributed by atoms with Crippen LogP contribution < -0.4 is 10.6 Å². The van der Waals surface area contributed by atoms with Crippen LogP contribution in [0.1, 0.15) is 12.0 Å². The zero-order valence-electron chi connectivity index (χ0n) is 19.4. The summed E-state index contributed by atoms with van der Waals surface area (Å²) in [6, 6.07) is 5.90. The third-order valence-corrected chi connectivity index (χ3v) is 6.42. The number of aliphatic imine (C=N–C) groups is 1. The molecule has 2 saturated heterocycles. The number of hydrogen-bond donors (Lipinski definition) is 2. The first-order valence-corrected chi connectivity index (χ1v) is 11.5. The molecule has 0 radical (unpaired) electrons. The number of rotatable bonds is 7. The molecule has 10 heteroatoms. The highest BCUT2D eigenvalue weighted by Gasteiger charge is 2.35. The standard InChI is InChI=1S/C24H29FN8O/c1-4-9-27-22-15(2)5-6-19(28-22)17-7-11-33-21(17)23(26-3)30-24(31-33)29-20-8-10-32(12-18(20)25)16-13-34-14-16/h4-7,9,11,16,18,20H,1,8,10,12-14H2,2-3H3,(H2,26,29,30,31)/b27-9-. The largest absolute Gasteiger partial charge is 0.378 e. The van der Waals surface area contributed by atoms with Gasteiger partial charge in [-0.1, -0.05) is 18.7 Å². The number of nitrogens with one attached hydrogen (secondary N) is 2. The minimum Gasteiger partial charge on any atom is -0.378 e. The van der Waals surface area contributed by atoms with Gasteiger partial charge in [0.05, 0.1) is 31.0 Å². The second kappa shape index (κ2) is 9.47. The number of aryl methyl sites for hydroxylation is 1. The maximum atomic E-state index is 14.9. The fraction of sp³-hybridized carbons (Fsp3) is 0.417. The van der Waals surface area contributed by atoms with E-state index in [1.807, 2.05) is 38.4 Å². The minimum atomic E-state index is -1.00. The van der Waals surface area contributed by atoms with Crippen molar-refractivity contribution < 1.29 is 9.13 Å². The van der Waals surface area contributed by atoms with Crippen LogP contribution in [-0.4, -0.2) is 82.3 Å². The van der Waals surface area contributed by atoms with Crippen LogP contribution in [0.5, 0.6) is 0 Å². The number of aromatic nitrogens is 4. The van der Waals surface area contributed by atoms with Crippen molar-refractivity contribution in [2.24, 2.45) is 4.99 Å². The molecule has 0 aromatic carbocycles. The van der Waals surface area contributed by atoms with Crippen molar-refractivity contribution in [3.05, 3.63) is 42.6 Å². The average molecular weight is 465 g/mol. The third-order valence-electron chi connectivity index (χ3n) is 6.42. The topological polar surface area (TPSA) is 92.0 Å². The fourth-order valence-electron chi connectivity index (χ4n) is 4.41. The molecule has 0 aliphatic carbocycles. The van der Waals surface area contributed by atoms with E-state index in [9.17, 15) is 4.39 Å². The van der Waals surface area contributed by atoms with Gasteiger partial charge in [-0.15, -0.1) is 5.10 Å². The summed E-state index contributed by atoms with van der Waals surface area (Å²) in [5.74, 6) is 1.66. The lowest BCUT2D eigenvalue weighted by atomic mass is 10.0. The quantitative estimate of drug-likeness (QED) is 0.519. The number of piperidine rings is 1. The highest BCUT2D eigenvalue weighted by atomic mass is 19.1. The van der Waals surface area contributed by atoms with Crippen molar-refractivity contribution in [3.8, 4) is 11.3 Å². The molecule has 2 aliphatic heterocycles. The van der Waals surface area contributed by atoms with Gasteiger partial charge in [0.2, 0.25) is 5.95 Å². The second-order valence-corrected chi connectivity index (χ2v) is 8.65. The summed E-state index contributed by atoms with van der Waals surface area (Å²) in [7, 11) is 1.81. The van der Waals surface area contributed by atoms with Crippen LogP contribution in [0.3, 0.4) is 0 Å². The lowest BCUT2D eigenvalue weighted by Crippen LogP contribution is -2.57. The molecular weight excluding hydrogens is 435 g/mol. The summed E-state index contributed by atoms with van der Waals surface area (Å²) in [4.78, 5) is 15.9. The Morgan fingerprint density at radius 3 is 2.82 bits per heavy atom. The van der Waals surface area contributed by atoms with E-state index in [0.29, 0.717) is 49.8 Å². The molecule has 34 heavy (non-hydrogen) atoms. The van der Waals surface area contributed by atoms with Crippen molar-refractivity contribution in [2.75, 3.05) is 44.0 Å². The number of hydrogen-bond acceptors (Lipinski definition) is 8. The zero-order valence-corrected chi connectivity index (χ0v) is 19.4. The van der Waals surface area contributed by atoms with E-state index in [4.69, 9.17) is 9.72 Å². The van der Waals surface area contributed by atoms with Crippen LogP contribution in [-0.2, 0) is 4.74 Å². The zero-order chi connectivity index (χ0) is 23.7. The summed E-state index contributed by atoms with van der Waals surface area (Å²) in [5.41, 5.74) is 3.41. The molecule has 2 atom stereocenters. The number of alkyl halides is 1. The Labute approximate surface area is 197 Å². The van der Waals surface area contributed by atoms with Gasteiger partial charge in [0.1, 0.15) is 11.7 Å². The van der Waals surface area contributed by atoms with Gasteiger partial charge in [0.25, 0.3) is 0 Å². The number of allylic oxidation sites excluding steroid dienone is 1. The molecule has 3 aromatic rings. The average Bonchev–Trinajstić information content (AvgIpc) is 3.23. The molecule has 5 heterocycles. The van der Waals surface area contributed by atoms with Crippen molar-refractivity contribution in [2.45, 2.75) is 31.6 Å². The summed E-state index contributed by atoms with van der Waals surface area (Å²) in [6.07, 6.45) is 4.79. The first-order chi connectivity index (χ1) is 16.6. The summed E-state index contributed by atoms with van der Waals surface area (Å²) >= 11 is 0. The molecule has 2 N–H and O–H groups in total. The Hall–Kier alpha value is -3.37. The Kier molecular flexibility index (Phi) is 6.25. The van der Waals surface area contributed by atoms with E-state index < -0.39 is 6.17 Å². The van der Waals surface area contributed by atoms with Crippen molar-refractivity contribution >= 4 is 29.3 Å². The summed E-state index contributed by atoms with van der Waals surface area (Å²) < 4.78 is 21.9. The molecule has 0 bridgehead atoms. The first-order valence-electron chi connectivity index (χ1n) is 11.5. The van der Waals surface area contributed by atoms with Crippen molar-refractivity contribution in [3.63, 3.8) is 0 Å². The Bertz CT molecular complexity index is 1220. The number of nitrogens with zero attached hydrogens (tertiary/aromatic N) is 6. The number of halogens is 1. The molecule has 2 aliphatic rings. The molecule has 3 aromatic heterocycles. The molecule has 0 saturated carbocycles. The lowest BCUT2D eigenvalue weighted by molar-refractivity contribution is -0.0794. The summed E-state index contributed by atoms with van der Waals surface area (Å²) in [5, 5.41) is 11.0. The SMILES string of the molecule is C=C/C=N\c1nc(-c2ccn3nc(NC4CCN(C5COC5)CC4F)nc(NC)c23)ccc1C. The van der Waals surface area contributed by atoms with Gasteiger partial charge in [-0.05, 0) is 31.0 Å². The maximum absolute atomic E-state index is 14.9. The van der Waals surface area contributed by atoms with E-state index in [2.05, 4.69) is 37.2 Å². The lowest BCUT2D eigenvalue weighted by Gasteiger charge is -2.42. The molecule has 5 rings (SSSR count). The van der Waals surface area contributed by atoms with Crippen LogP contribution in [0, 0.1) is 6.92 Å². The molecular formula is C24H29FN8O. The molecule has 178 valence electrons. The third kappa shape index (κ3) is 4.26. The van der Waals surface area contributed by atoms with Gasteiger partial charge in [-0.3, -0.25) is 4.90 Å². The van der Waals surface area contributed by atoms with E-state index in [-0.39, 0.29) is 6.04 Å². The number of fused-ring (bicyclic) bond motifs is 1. The van der Waals surface area contributed by atoms with Gasteiger partial charge >= 0.3 is 0 Å². The Morgan fingerprint density at radius 2 is 2.12 bits per heavy atom. The van der Waals surface area contributed by atoms with Crippen LogP contribution in [0.2, 0.25) is 0 Å². The van der Waals surface area contributed by atoms with Crippen LogP contribution >= 0.6 is 0 Å². The van der Waals surface area contributed by atoms with E-state index in [1.54, 1.807) is 16.8 Å². The first kappa shape index (κ1) is 22.4. The molecule has 2 fully saturated rings. The minimum absolute atomic E-state index is 0.335. The number of likely N-dealkylation sites (tertiary alicyclic amines) is 1. The number of pyridine rings is 1. The fourth-order valence-corrected chi connectivity index (χ4v) is 4.41. The maximum Gasteiger partial charge on any atom is 0.243 e. The van der Waals surface area contributed by atoms with E-state index in [1.165, 1.54) is 0 Å². The van der Waals surface area contributed by atoms with Gasteiger partial charge < -0.3 is 15.4 Å². The second-order valence-electron chi connectivity index (χ2n) is 8.65. The van der Waals surface area contributed by atoms with Crippen LogP contribution in [0.25, 0.3) is 16.8 Å². The predicted molar refractivity (Wildman–Crippen MR) is 132 cm³/mol. The van der Waals surface area contributed by atoms with E-state index >= 15 is 0 Å². The number of anilines is 2. The monoisotopic (exact) mass is 464 g/mol.